The van der Waals surface area contributed by atoms with Crippen LogP contribution in [0.5, 0.6) is 0 Å². The van der Waals surface area contributed by atoms with Gasteiger partial charge in [0, 0.05) is 37.1 Å². The molecule has 0 aliphatic heterocycles. The minimum absolute atomic E-state index is 0.175. The number of anilines is 1. The largest absolute Gasteiger partial charge is 0.331 e. The molecule has 2 aromatic carbocycles. The molecule has 0 radical (unpaired) electrons. The summed E-state index contributed by atoms with van der Waals surface area (Å²) >= 11 is 0. The number of imidazole rings is 1. The molecular formula is C20H18FN3O2. The zero-order valence-electron chi connectivity index (χ0n) is 14.3. The molecule has 0 unspecified atom stereocenters. The maximum absolute atomic E-state index is 13.6. The predicted molar refractivity (Wildman–Crippen MR) is 96.4 cm³/mol. The third-order valence-electron chi connectivity index (χ3n) is 4.03. The normalized spacial score (nSPS) is 10.5. The molecule has 0 aliphatic rings. The Morgan fingerprint density at radius 2 is 1.85 bits per heavy atom. The van der Waals surface area contributed by atoms with Crippen LogP contribution in [0.3, 0.4) is 0 Å². The number of carbonyl (C=O) groups is 2. The molecule has 0 bridgehead atoms. The van der Waals surface area contributed by atoms with E-state index in [1.807, 2.05) is 0 Å². The van der Waals surface area contributed by atoms with Crippen LogP contribution >= 0.6 is 0 Å². The van der Waals surface area contributed by atoms with Gasteiger partial charge in [0.2, 0.25) is 11.7 Å². The molecule has 0 spiro atoms. The van der Waals surface area contributed by atoms with Gasteiger partial charge >= 0.3 is 0 Å². The summed E-state index contributed by atoms with van der Waals surface area (Å²) in [6.45, 7) is 0. The summed E-state index contributed by atoms with van der Waals surface area (Å²) in [6.07, 6.45) is 3.78. The van der Waals surface area contributed by atoms with Gasteiger partial charge < -0.3 is 9.88 Å². The third kappa shape index (κ3) is 4.03. The molecule has 132 valence electrons. The number of aromatic nitrogens is 2. The first-order chi connectivity index (χ1) is 12.5. The van der Waals surface area contributed by atoms with Crippen molar-refractivity contribution in [3.05, 3.63) is 83.7 Å². The summed E-state index contributed by atoms with van der Waals surface area (Å²) < 4.78 is 15.2. The molecule has 1 N–H and O–H groups in total. The standard InChI is InChI=1S/C20H18FN3O2/c1-24-13-12-22-20(24)19(26)15-6-9-16(10-7-15)23-18(25)11-8-14-4-2-3-5-17(14)21/h2-7,9-10,12-13H,8,11H2,1H3,(H,23,25). The van der Waals surface area contributed by atoms with Crippen molar-refractivity contribution < 1.29 is 14.0 Å². The van der Waals surface area contributed by atoms with Crippen molar-refractivity contribution in [2.24, 2.45) is 7.05 Å². The van der Waals surface area contributed by atoms with Crippen LogP contribution in [0.4, 0.5) is 10.1 Å². The Hall–Kier alpha value is -3.28. The molecule has 1 amide bonds. The van der Waals surface area contributed by atoms with E-state index in [1.165, 1.54) is 6.07 Å². The fraction of sp³-hybridized carbons (Fsp3) is 0.150. The summed E-state index contributed by atoms with van der Waals surface area (Å²) in [4.78, 5) is 28.4. The van der Waals surface area contributed by atoms with E-state index in [9.17, 15) is 14.0 Å². The summed E-state index contributed by atoms with van der Waals surface area (Å²) in [5.74, 6) is -0.351. The van der Waals surface area contributed by atoms with Crippen molar-refractivity contribution in [2.75, 3.05) is 5.32 Å². The van der Waals surface area contributed by atoms with Gasteiger partial charge in [-0.2, -0.15) is 0 Å². The molecule has 3 rings (SSSR count). The average molecular weight is 351 g/mol. The second-order valence-electron chi connectivity index (χ2n) is 5.91. The van der Waals surface area contributed by atoms with Crippen LogP contribution in [0.15, 0.2) is 60.9 Å². The van der Waals surface area contributed by atoms with Crippen LogP contribution in [0, 0.1) is 5.82 Å². The van der Waals surface area contributed by atoms with Gasteiger partial charge in [-0.15, -0.1) is 0 Å². The summed E-state index contributed by atoms with van der Waals surface area (Å²) in [5, 5.41) is 2.75. The van der Waals surface area contributed by atoms with E-state index >= 15 is 0 Å². The van der Waals surface area contributed by atoms with Crippen molar-refractivity contribution in [3.8, 4) is 0 Å². The molecule has 3 aromatic rings. The highest BCUT2D eigenvalue weighted by Crippen LogP contribution is 2.14. The highest BCUT2D eigenvalue weighted by Gasteiger charge is 2.13. The maximum atomic E-state index is 13.6. The van der Waals surface area contributed by atoms with Crippen LogP contribution in [-0.2, 0) is 18.3 Å². The lowest BCUT2D eigenvalue weighted by atomic mass is 10.1. The molecule has 26 heavy (non-hydrogen) atoms. The number of carbonyl (C=O) groups excluding carboxylic acids is 2. The molecule has 1 aromatic heterocycles. The van der Waals surface area contributed by atoms with E-state index in [2.05, 4.69) is 10.3 Å². The molecule has 0 aliphatic carbocycles. The van der Waals surface area contributed by atoms with Gasteiger partial charge in [-0.1, -0.05) is 18.2 Å². The number of benzene rings is 2. The molecule has 0 atom stereocenters. The average Bonchev–Trinajstić information content (AvgIpc) is 3.07. The van der Waals surface area contributed by atoms with Gasteiger partial charge in [-0.3, -0.25) is 9.59 Å². The first kappa shape index (κ1) is 17.5. The number of hydrogen-bond acceptors (Lipinski definition) is 3. The molecule has 0 saturated heterocycles. The van der Waals surface area contributed by atoms with Crippen molar-refractivity contribution in [1.29, 1.82) is 0 Å². The second-order valence-corrected chi connectivity index (χ2v) is 5.91. The first-order valence-electron chi connectivity index (χ1n) is 8.20. The number of rotatable bonds is 6. The van der Waals surface area contributed by atoms with Gasteiger partial charge in [0.05, 0.1) is 0 Å². The molecule has 6 heteroatoms. The summed E-state index contributed by atoms with van der Waals surface area (Å²) in [5.41, 5.74) is 1.59. The molecule has 0 saturated carbocycles. The highest BCUT2D eigenvalue weighted by atomic mass is 19.1. The third-order valence-corrected chi connectivity index (χ3v) is 4.03. The number of aryl methyl sites for hydroxylation is 2. The Morgan fingerprint density at radius 1 is 1.12 bits per heavy atom. The van der Waals surface area contributed by atoms with Crippen LogP contribution in [-0.4, -0.2) is 21.2 Å². The van der Waals surface area contributed by atoms with Crippen LogP contribution < -0.4 is 5.32 Å². The van der Waals surface area contributed by atoms with Crippen LogP contribution in [0.1, 0.15) is 28.2 Å². The Kier molecular flexibility index (Phi) is 5.22. The lowest BCUT2D eigenvalue weighted by Crippen LogP contribution is -2.13. The van der Waals surface area contributed by atoms with Crippen molar-refractivity contribution in [1.82, 2.24) is 9.55 Å². The maximum Gasteiger partial charge on any atom is 0.228 e. The topological polar surface area (TPSA) is 64.0 Å². The van der Waals surface area contributed by atoms with E-state index in [-0.39, 0.29) is 23.9 Å². The summed E-state index contributed by atoms with van der Waals surface area (Å²) in [6, 6.07) is 13.0. The number of nitrogens with one attached hydrogen (secondary N) is 1. The van der Waals surface area contributed by atoms with E-state index in [0.717, 1.165) is 0 Å². The van der Waals surface area contributed by atoms with Crippen LogP contribution in [0.25, 0.3) is 0 Å². The van der Waals surface area contributed by atoms with Gasteiger partial charge in [0.15, 0.2) is 5.82 Å². The van der Waals surface area contributed by atoms with Crippen molar-refractivity contribution in [2.45, 2.75) is 12.8 Å². The molecule has 1 heterocycles. The lowest BCUT2D eigenvalue weighted by molar-refractivity contribution is -0.116. The minimum Gasteiger partial charge on any atom is -0.331 e. The highest BCUT2D eigenvalue weighted by molar-refractivity contribution is 6.07. The first-order valence-corrected chi connectivity index (χ1v) is 8.20. The smallest absolute Gasteiger partial charge is 0.228 e. The lowest BCUT2D eigenvalue weighted by Gasteiger charge is -2.07. The number of halogens is 1. The fourth-order valence-corrected chi connectivity index (χ4v) is 2.59. The quantitative estimate of drug-likeness (QED) is 0.693. The van der Waals surface area contributed by atoms with Crippen molar-refractivity contribution in [3.63, 3.8) is 0 Å². The molecule has 0 fully saturated rings. The van der Waals surface area contributed by atoms with Crippen LogP contribution in [0.2, 0.25) is 0 Å². The van der Waals surface area contributed by atoms with Gasteiger partial charge in [0.1, 0.15) is 5.82 Å². The van der Waals surface area contributed by atoms with Gasteiger partial charge in [0.25, 0.3) is 0 Å². The van der Waals surface area contributed by atoms with Gasteiger partial charge in [-0.05, 0) is 42.3 Å². The van der Waals surface area contributed by atoms with E-state index in [1.54, 1.807) is 66.5 Å². The zero-order valence-corrected chi connectivity index (χ0v) is 14.3. The summed E-state index contributed by atoms with van der Waals surface area (Å²) in [7, 11) is 1.75. The minimum atomic E-state index is -0.308. The number of hydrogen-bond donors (Lipinski definition) is 1. The molecular weight excluding hydrogens is 333 g/mol. The van der Waals surface area contributed by atoms with E-state index in [4.69, 9.17) is 0 Å². The van der Waals surface area contributed by atoms with Gasteiger partial charge in [-0.25, -0.2) is 9.37 Å². The van der Waals surface area contributed by atoms with E-state index in [0.29, 0.717) is 29.1 Å². The molecule has 5 nitrogen and oxygen atoms in total. The van der Waals surface area contributed by atoms with Crippen molar-refractivity contribution >= 4 is 17.4 Å². The zero-order chi connectivity index (χ0) is 18.5. The monoisotopic (exact) mass is 351 g/mol. The Labute approximate surface area is 150 Å². The second kappa shape index (κ2) is 7.74. The Morgan fingerprint density at radius 3 is 2.50 bits per heavy atom. The Bertz CT molecular complexity index is 932. The SMILES string of the molecule is Cn1ccnc1C(=O)c1ccc(NC(=O)CCc2ccccc2F)cc1. The van der Waals surface area contributed by atoms with E-state index < -0.39 is 0 Å². The number of amides is 1. The Balaban J connectivity index is 1.59. The number of ketones is 1. The number of nitrogens with zero attached hydrogens (tertiary/aromatic N) is 2. The predicted octanol–water partition coefficient (Wildman–Crippen LogP) is 3.36. The fourth-order valence-electron chi connectivity index (χ4n) is 2.59.